The second kappa shape index (κ2) is 9.56. The monoisotopic (exact) mass is 293 g/mol. The number of hydrogen-bond donors (Lipinski definition) is 0. The second-order valence-corrected chi connectivity index (χ2v) is 10.7. The summed E-state index contributed by atoms with van der Waals surface area (Å²) in [4.78, 5) is 0. The van der Waals surface area contributed by atoms with E-state index in [4.69, 9.17) is 0 Å². The molecule has 0 spiro atoms. The maximum Gasteiger partial charge on any atom is 0.0939 e. The molecule has 0 aliphatic heterocycles. The van der Waals surface area contributed by atoms with E-state index in [1.807, 2.05) is 0 Å². The normalized spacial score (nSPS) is 12.1. The fraction of sp³-hybridized carbons (Fsp3) is 0.684. The Kier molecular flexibility index (Phi) is 8.46. The Labute approximate surface area is 127 Å². The topological polar surface area (TPSA) is 0 Å². The number of unbranched alkanes of at least 4 members (excludes halogenated alkanes) is 2. The Morgan fingerprint density at radius 2 is 1.40 bits per heavy atom. The van der Waals surface area contributed by atoms with Crippen molar-refractivity contribution in [1.82, 2.24) is 0 Å². The second-order valence-electron chi connectivity index (χ2n) is 6.54. The molecule has 114 valence electrons. The van der Waals surface area contributed by atoms with E-state index in [1.165, 1.54) is 50.6 Å². The van der Waals surface area contributed by atoms with Crippen LogP contribution in [-0.4, -0.2) is 18.5 Å². The van der Waals surface area contributed by atoms with Crippen molar-refractivity contribution in [2.45, 2.75) is 59.8 Å². The lowest BCUT2D eigenvalue weighted by atomic mass is 10.2. The zero-order valence-corrected chi connectivity index (χ0v) is 15.0. The standard InChI is InChI=1S/C19H34P/c1-5-7-15-20(16-8-6-2,17-14-18(3)4)19-12-10-9-11-13-19/h9-13,18H,5-8,14-17H2,1-4H3/q+1. The molecule has 1 aromatic carbocycles. The highest BCUT2D eigenvalue weighted by molar-refractivity contribution is 7.82. The van der Waals surface area contributed by atoms with Crippen LogP contribution in [0.3, 0.4) is 0 Å². The maximum atomic E-state index is 2.42. The van der Waals surface area contributed by atoms with E-state index < -0.39 is 7.26 Å². The largest absolute Gasteiger partial charge is 0.0939 e. The molecule has 0 fully saturated rings. The Bertz CT molecular complexity index is 334. The number of rotatable bonds is 10. The van der Waals surface area contributed by atoms with E-state index in [-0.39, 0.29) is 0 Å². The van der Waals surface area contributed by atoms with Crippen LogP contribution in [0.15, 0.2) is 30.3 Å². The average Bonchev–Trinajstić information content (AvgIpc) is 2.48. The molecule has 1 rings (SSSR count). The van der Waals surface area contributed by atoms with Gasteiger partial charge in [0.15, 0.2) is 0 Å². The summed E-state index contributed by atoms with van der Waals surface area (Å²) in [5.41, 5.74) is 0. The molecule has 20 heavy (non-hydrogen) atoms. The predicted octanol–water partition coefficient (Wildman–Crippen LogP) is 5.98. The van der Waals surface area contributed by atoms with Gasteiger partial charge in [0.05, 0.1) is 23.8 Å². The summed E-state index contributed by atoms with van der Waals surface area (Å²) >= 11 is 0. The molecule has 0 saturated heterocycles. The SMILES string of the molecule is CCCC[P+](CCCC)(CCC(C)C)c1ccccc1. The summed E-state index contributed by atoms with van der Waals surface area (Å²) in [7, 11) is -0.935. The molecule has 0 aliphatic carbocycles. The Hall–Kier alpha value is -0.350. The molecule has 1 aromatic rings. The molecule has 0 atom stereocenters. The van der Waals surface area contributed by atoms with Gasteiger partial charge in [0.25, 0.3) is 0 Å². The van der Waals surface area contributed by atoms with E-state index in [1.54, 1.807) is 5.30 Å². The zero-order valence-electron chi connectivity index (χ0n) is 14.1. The fourth-order valence-electron chi connectivity index (χ4n) is 2.89. The molecule has 0 aromatic heterocycles. The van der Waals surface area contributed by atoms with Gasteiger partial charge in [0, 0.05) is 7.26 Å². The molecular weight excluding hydrogens is 259 g/mol. The number of benzene rings is 1. The molecule has 0 heterocycles. The molecule has 0 aliphatic rings. The number of hydrogen-bond acceptors (Lipinski definition) is 0. The molecule has 0 amide bonds. The van der Waals surface area contributed by atoms with Gasteiger partial charge < -0.3 is 0 Å². The van der Waals surface area contributed by atoms with Crippen LogP contribution >= 0.6 is 7.26 Å². The minimum Gasteiger partial charge on any atom is -0.0652 e. The van der Waals surface area contributed by atoms with E-state index in [0.717, 1.165) is 5.92 Å². The van der Waals surface area contributed by atoms with Crippen molar-refractivity contribution < 1.29 is 0 Å². The van der Waals surface area contributed by atoms with E-state index in [9.17, 15) is 0 Å². The lowest BCUT2D eigenvalue weighted by molar-refractivity contribution is 0.627. The first-order valence-corrected chi connectivity index (χ1v) is 10.9. The summed E-state index contributed by atoms with van der Waals surface area (Å²) in [6.07, 6.45) is 11.3. The average molecular weight is 293 g/mol. The van der Waals surface area contributed by atoms with Crippen molar-refractivity contribution in [3.05, 3.63) is 30.3 Å². The zero-order chi connectivity index (χ0) is 14.8. The molecular formula is C19H34P+. The minimum absolute atomic E-state index is 0.835. The lowest BCUT2D eigenvalue weighted by Gasteiger charge is -2.28. The van der Waals surface area contributed by atoms with E-state index >= 15 is 0 Å². The van der Waals surface area contributed by atoms with Gasteiger partial charge in [0.2, 0.25) is 0 Å². The van der Waals surface area contributed by atoms with Crippen LogP contribution in [0.4, 0.5) is 0 Å². The Balaban J connectivity index is 2.97. The molecule has 0 radical (unpaired) electrons. The lowest BCUT2D eigenvalue weighted by Crippen LogP contribution is -2.21. The van der Waals surface area contributed by atoms with Gasteiger partial charge in [-0.25, -0.2) is 0 Å². The van der Waals surface area contributed by atoms with Gasteiger partial charge in [-0.05, 0) is 37.3 Å². The van der Waals surface area contributed by atoms with Crippen molar-refractivity contribution in [2.75, 3.05) is 18.5 Å². The summed E-state index contributed by atoms with van der Waals surface area (Å²) in [6.45, 7) is 9.42. The fourth-order valence-corrected chi connectivity index (χ4v) is 8.00. The Morgan fingerprint density at radius 3 is 1.85 bits per heavy atom. The van der Waals surface area contributed by atoms with E-state index in [2.05, 4.69) is 58.0 Å². The van der Waals surface area contributed by atoms with Gasteiger partial charge in [-0.2, -0.15) is 0 Å². The third-order valence-corrected chi connectivity index (χ3v) is 9.17. The van der Waals surface area contributed by atoms with Crippen LogP contribution in [-0.2, 0) is 0 Å². The molecule has 0 nitrogen and oxygen atoms in total. The highest BCUT2D eigenvalue weighted by Gasteiger charge is 2.38. The van der Waals surface area contributed by atoms with Crippen LogP contribution < -0.4 is 5.30 Å². The smallest absolute Gasteiger partial charge is 0.0652 e. The summed E-state index contributed by atoms with van der Waals surface area (Å²) in [5.74, 6) is 0.835. The van der Waals surface area contributed by atoms with Crippen molar-refractivity contribution >= 4 is 12.6 Å². The highest BCUT2D eigenvalue weighted by atomic mass is 31.2. The van der Waals surface area contributed by atoms with Crippen molar-refractivity contribution in [3.8, 4) is 0 Å². The first kappa shape index (κ1) is 17.7. The third kappa shape index (κ3) is 5.57. The van der Waals surface area contributed by atoms with Crippen LogP contribution in [0.5, 0.6) is 0 Å². The summed E-state index contributed by atoms with van der Waals surface area (Å²) in [6, 6.07) is 11.5. The van der Waals surface area contributed by atoms with Gasteiger partial charge in [-0.1, -0.05) is 58.7 Å². The third-order valence-electron chi connectivity index (χ3n) is 4.32. The van der Waals surface area contributed by atoms with Gasteiger partial charge in [-0.3, -0.25) is 0 Å². The van der Waals surface area contributed by atoms with Crippen LogP contribution in [0.25, 0.3) is 0 Å². The molecule has 1 heteroatoms. The Morgan fingerprint density at radius 1 is 0.850 bits per heavy atom. The van der Waals surface area contributed by atoms with Crippen LogP contribution in [0, 0.1) is 5.92 Å². The molecule has 0 saturated carbocycles. The molecule has 0 bridgehead atoms. The van der Waals surface area contributed by atoms with E-state index in [0.29, 0.717) is 0 Å². The van der Waals surface area contributed by atoms with Crippen molar-refractivity contribution in [2.24, 2.45) is 5.92 Å². The molecule has 0 unspecified atom stereocenters. The van der Waals surface area contributed by atoms with Gasteiger partial charge >= 0.3 is 0 Å². The first-order chi connectivity index (χ1) is 9.64. The maximum absolute atomic E-state index is 2.42. The highest BCUT2D eigenvalue weighted by Crippen LogP contribution is 2.59. The van der Waals surface area contributed by atoms with Crippen LogP contribution in [0.1, 0.15) is 59.8 Å². The van der Waals surface area contributed by atoms with Gasteiger partial charge in [0.1, 0.15) is 0 Å². The minimum atomic E-state index is -0.935. The summed E-state index contributed by atoms with van der Waals surface area (Å²) < 4.78 is 0. The summed E-state index contributed by atoms with van der Waals surface area (Å²) in [5, 5.41) is 1.70. The van der Waals surface area contributed by atoms with Gasteiger partial charge in [-0.15, -0.1) is 0 Å². The van der Waals surface area contributed by atoms with Crippen molar-refractivity contribution in [3.63, 3.8) is 0 Å². The van der Waals surface area contributed by atoms with Crippen LogP contribution in [0.2, 0.25) is 0 Å². The predicted molar refractivity (Wildman–Crippen MR) is 96.9 cm³/mol. The molecule has 0 N–H and O–H groups in total. The quantitative estimate of drug-likeness (QED) is 0.466. The van der Waals surface area contributed by atoms with Crippen molar-refractivity contribution in [1.29, 1.82) is 0 Å². The first-order valence-electron chi connectivity index (χ1n) is 8.56.